The summed E-state index contributed by atoms with van der Waals surface area (Å²) in [7, 11) is 1.68. The molecule has 0 radical (unpaired) electrons. The van der Waals surface area contributed by atoms with Gasteiger partial charge in [0.2, 0.25) is 0 Å². The van der Waals surface area contributed by atoms with Crippen LogP contribution in [0.3, 0.4) is 0 Å². The Balaban J connectivity index is 2.50. The largest absolute Gasteiger partial charge is 0.383 e. The second kappa shape index (κ2) is 7.72. The molecular weight excluding hydrogens is 253 g/mol. The number of ether oxygens (including phenoxy) is 1. The third-order valence-electron chi connectivity index (χ3n) is 3.18. The molecule has 0 heterocycles. The van der Waals surface area contributed by atoms with Crippen LogP contribution in [-0.4, -0.2) is 26.3 Å². The number of hydrogen-bond donors (Lipinski definition) is 1. The van der Waals surface area contributed by atoms with E-state index in [-0.39, 0.29) is 5.82 Å². The summed E-state index contributed by atoms with van der Waals surface area (Å²) in [5.41, 5.74) is 0.715. The van der Waals surface area contributed by atoms with Crippen molar-refractivity contribution < 1.29 is 9.13 Å². The highest BCUT2D eigenvalue weighted by Crippen LogP contribution is 2.19. The van der Waals surface area contributed by atoms with Crippen LogP contribution >= 0.6 is 11.6 Å². The summed E-state index contributed by atoms with van der Waals surface area (Å²) in [6.45, 7) is 5.71. The number of hydrogen-bond acceptors (Lipinski definition) is 2. The van der Waals surface area contributed by atoms with Crippen molar-refractivity contribution in [3.63, 3.8) is 0 Å². The molecule has 0 spiro atoms. The monoisotopic (exact) mass is 273 g/mol. The van der Waals surface area contributed by atoms with E-state index in [1.165, 1.54) is 6.07 Å². The fourth-order valence-corrected chi connectivity index (χ4v) is 1.96. The Bertz CT molecular complexity index is 373. The van der Waals surface area contributed by atoms with Crippen molar-refractivity contribution in [3.8, 4) is 0 Å². The molecular formula is C14H21ClFNO. The summed E-state index contributed by atoms with van der Waals surface area (Å²) in [6, 6.07) is 5.17. The predicted octanol–water partition coefficient (Wildman–Crippen LogP) is 3.28. The molecule has 0 saturated carbocycles. The quantitative estimate of drug-likeness (QED) is 0.770. The lowest BCUT2D eigenvalue weighted by molar-refractivity contribution is 0.192. The van der Waals surface area contributed by atoms with Crippen LogP contribution in [0, 0.1) is 11.7 Å². The van der Waals surface area contributed by atoms with E-state index in [1.54, 1.807) is 19.2 Å². The van der Waals surface area contributed by atoms with Gasteiger partial charge in [-0.3, -0.25) is 0 Å². The molecule has 1 N–H and O–H groups in total. The molecule has 0 aromatic heterocycles. The number of halogens is 2. The molecule has 2 nitrogen and oxygen atoms in total. The maximum absolute atomic E-state index is 13.7. The van der Waals surface area contributed by atoms with Crippen LogP contribution in [0.15, 0.2) is 18.2 Å². The minimum atomic E-state index is -0.224. The van der Waals surface area contributed by atoms with Gasteiger partial charge in [-0.15, -0.1) is 0 Å². The number of rotatable bonds is 7. The average Bonchev–Trinajstić information content (AvgIpc) is 2.32. The van der Waals surface area contributed by atoms with Gasteiger partial charge in [-0.1, -0.05) is 24.6 Å². The minimum Gasteiger partial charge on any atom is -0.383 e. The van der Waals surface area contributed by atoms with Gasteiger partial charge in [-0.2, -0.15) is 0 Å². The van der Waals surface area contributed by atoms with Crippen molar-refractivity contribution in [3.05, 3.63) is 34.6 Å². The van der Waals surface area contributed by atoms with E-state index in [1.807, 2.05) is 0 Å². The topological polar surface area (TPSA) is 21.3 Å². The summed E-state index contributed by atoms with van der Waals surface area (Å²) in [5.74, 6) is 0.121. The highest BCUT2D eigenvalue weighted by Gasteiger charge is 2.14. The molecule has 102 valence electrons. The molecule has 0 amide bonds. The summed E-state index contributed by atoms with van der Waals surface area (Å²) in [6.07, 6.45) is 0.699. The van der Waals surface area contributed by atoms with Crippen molar-refractivity contribution in [1.82, 2.24) is 5.32 Å². The number of methoxy groups -OCH3 is 1. The van der Waals surface area contributed by atoms with Gasteiger partial charge < -0.3 is 10.1 Å². The second-order valence-corrected chi connectivity index (χ2v) is 5.09. The molecule has 0 bridgehead atoms. The fourth-order valence-electron chi connectivity index (χ4n) is 1.80. The maximum atomic E-state index is 13.7. The highest BCUT2D eigenvalue weighted by molar-refractivity contribution is 6.30. The molecule has 0 aliphatic rings. The van der Waals surface area contributed by atoms with Crippen LogP contribution in [-0.2, 0) is 11.2 Å². The Morgan fingerprint density at radius 1 is 1.39 bits per heavy atom. The smallest absolute Gasteiger partial charge is 0.127 e. The molecule has 2 atom stereocenters. The van der Waals surface area contributed by atoms with E-state index in [2.05, 4.69) is 19.2 Å². The van der Waals surface area contributed by atoms with Gasteiger partial charge in [0.05, 0.1) is 6.61 Å². The van der Waals surface area contributed by atoms with E-state index in [0.717, 1.165) is 6.54 Å². The van der Waals surface area contributed by atoms with E-state index < -0.39 is 0 Å². The van der Waals surface area contributed by atoms with Crippen LogP contribution in [0.5, 0.6) is 0 Å². The first-order chi connectivity index (χ1) is 8.54. The maximum Gasteiger partial charge on any atom is 0.127 e. The van der Waals surface area contributed by atoms with Crippen LogP contribution in [0.2, 0.25) is 5.02 Å². The predicted molar refractivity (Wildman–Crippen MR) is 73.6 cm³/mol. The first-order valence-electron chi connectivity index (χ1n) is 6.20. The Labute approximate surface area is 113 Å². The van der Waals surface area contributed by atoms with Crippen molar-refractivity contribution >= 4 is 11.6 Å². The summed E-state index contributed by atoms with van der Waals surface area (Å²) >= 11 is 5.73. The molecule has 1 rings (SSSR count). The zero-order chi connectivity index (χ0) is 13.5. The Hall–Kier alpha value is -0.640. The molecule has 0 aliphatic carbocycles. The lowest BCUT2D eigenvalue weighted by Gasteiger charge is -2.21. The normalized spacial score (nSPS) is 14.5. The SMILES string of the molecule is COCCNC(C)C(C)Cc1ccc(Cl)cc1F. The highest BCUT2D eigenvalue weighted by atomic mass is 35.5. The summed E-state index contributed by atoms with van der Waals surface area (Å²) in [5, 5.41) is 3.80. The van der Waals surface area contributed by atoms with Gasteiger partial charge in [0.1, 0.15) is 5.82 Å². The van der Waals surface area contributed by atoms with E-state index >= 15 is 0 Å². The Kier molecular flexibility index (Phi) is 6.61. The molecule has 1 aromatic carbocycles. The first kappa shape index (κ1) is 15.4. The Morgan fingerprint density at radius 3 is 2.72 bits per heavy atom. The van der Waals surface area contributed by atoms with Crippen LogP contribution in [0.25, 0.3) is 0 Å². The number of benzene rings is 1. The first-order valence-corrected chi connectivity index (χ1v) is 6.58. The molecule has 1 aromatic rings. The summed E-state index contributed by atoms with van der Waals surface area (Å²) in [4.78, 5) is 0. The second-order valence-electron chi connectivity index (χ2n) is 4.65. The minimum absolute atomic E-state index is 0.224. The lowest BCUT2D eigenvalue weighted by atomic mass is 9.94. The van der Waals surface area contributed by atoms with Crippen LogP contribution < -0.4 is 5.32 Å². The average molecular weight is 274 g/mol. The van der Waals surface area contributed by atoms with E-state index in [0.29, 0.717) is 35.6 Å². The third-order valence-corrected chi connectivity index (χ3v) is 3.42. The third kappa shape index (κ3) is 4.92. The van der Waals surface area contributed by atoms with Crippen molar-refractivity contribution in [1.29, 1.82) is 0 Å². The molecule has 4 heteroatoms. The Morgan fingerprint density at radius 2 is 2.11 bits per heavy atom. The number of nitrogens with one attached hydrogen (secondary N) is 1. The molecule has 0 fully saturated rings. The van der Waals surface area contributed by atoms with Crippen LogP contribution in [0.4, 0.5) is 4.39 Å². The molecule has 0 saturated heterocycles. The van der Waals surface area contributed by atoms with Gasteiger partial charge in [-0.05, 0) is 37.0 Å². The van der Waals surface area contributed by atoms with Gasteiger partial charge in [0, 0.05) is 24.7 Å². The fraction of sp³-hybridized carbons (Fsp3) is 0.571. The van der Waals surface area contributed by atoms with Crippen molar-refractivity contribution in [2.24, 2.45) is 5.92 Å². The van der Waals surface area contributed by atoms with Gasteiger partial charge in [0.25, 0.3) is 0 Å². The van der Waals surface area contributed by atoms with Gasteiger partial charge in [0.15, 0.2) is 0 Å². The van der Waals surface area contributed by atoms with Gasteiger partial charge >= 0.3 is 0 Å². The zero-order valence-electron chi connectivity index (χ0n) is 11.2. The van der Waals surface area contributed by atoms with Gasteiger partial charge in [-0.25, -0.2) is 4.39 Å². The zero-order valence-corrected chi connectivity index (χ0v) is 11.9. The lowest BCUT2D eigenvalue weighted by Crippen LogP contribution is -2.35. The molecule has 0 aliphatic heterocycles. The molecule has 2 unspecified atom stereocenters. The van der Waals surface area contributed by atoms with E-state index in [9.17, 15) is 4.39 Å². The summed E-state index contributed by atoms with van der Waals surface area (Å²) < 4.78 is 18.6. The van der Waals surface area contributed by atoms with Crippen LogP contribution in [0.1, 0.15) is 19.4 Å². The standard InChI is InChI=1S/C14H21ClFNO/c1-10(11(2)17-6-7-18-3)8-12-4-5-13(15)9-14(12)16/h4-5,9-11,17H,6-8H2,1-3H3. The molecule has 18 heavy (non-hydrogen) atoms. The van der Waals surface area contributed by atoms with Crippen molar-refractivity contribution in [2.45, 2.75) is 26.3 Å². The van der Waals surface area contributed by atoms with E-state index in [4.69, 9.17) is 16.3 Å². The van der Waals surface area contributed by atoms with Crippen molar-refractivity contribution in [2.75, 3.05) is 20.3 Å².